The molecule has 2 saturated carbocycles. The molecule has 1 unspecified atom stereocenters. The van der Waals surface area contributed by atoms with Crippen LogP contribution >= 0.6 is 0 Å². The van der Waals surface area contributed by atoms with Crippen molar-refractivity contribution >= 4 is 5.97 Å². The van der Waals surface area contributed by atoms with Crippen LogP contribution < -0.4 is 0 Å². The van der Waals surface area contributed by atoms with Gasteiger partial charge >= 0.3 is 5.97 Å². The SMILES string of the molecule is CC1(C)C2CC[C@@]1(C)[C@@H](C(=O)O)C2. The van der Waals surface area contributed by atoms with Gasteiger partial charge < -0.3 is 5.11 Å². The minimum atomic E-state index is -0.585. The molecule has 2 nitrogen and oxygen atoms in total. The summed E-state index contributed by atoms with van der Waals surface area (Å²) in [5.74, 6) is -0.0439. The Morgan fingerprint density at radius 3 is 2.23 bits per heavy atom. The van der Waals surface area contributed by atoms with Gasteiger partial charge in [0.15, 0.2) is 0 Å². The highest BCUT2D eigenvalue weighted by atomic mass is 16.4. The Morgan fingerprint density at radius 2 is 2.00 bits per heavy atom. The van der Waals surface area contributed by atoms with E-state index in [1.807, 2.05) is 0 Å². The number of rotatable bonds is 1. The Kier molecular flexibility index (Phi) is 1.59. The van der Waals surface area contributed by atoms with Gasteiger partial charge in [-0.15, -0.1) is 0 Å². The van der Waals surface area contributed by atoms with Gasteiger partial charge in [0, 0.05) is 0 Å². The van der Waals surface area contributed by atoms with Crippen LogP contribution in [-0.2, 0) is 4.79 Å². The third-order valence-corrected chi connectivity index (χ3v) is 5.09. The maximum absolute atomic E-state index is 11.1. The second-order valence-corrected chi connectivity index (χ2v) is 5.50. The largest absolute Gasteiger partial charge is 0.481 e. The maximum Gasteiger partial charge on any atom is 0.307 e. The summed E-state index contributed by atoms with van der Waals surface area (Å²) in [7, 11) is 0. The molecule has 0 spiro atoms. The van der Waals surface area contributed by atoms with E-state index < -0.39 is 5.97 Å². The van der Waals surface area contributed by atoms with Crippen molar-refractivity contribution in [1.82, 2.24) is 0 Å². The van der Waals surface area contributed by atoms with Crippen LogP contribution in [0.2, 0.25) is 0 Å². The van der Waals surface area contributed by atoms with Crippen LogP contribution in [0.15, 0.2) is 0 Å². The van der Waals surface area contributed by atoms with E-state index in [2.05, 4.69) is 20.8 Å². The molecule has 2 aliphatic carbocycles. The monoisotopic (exact) mass is 182 g/mol. The zero-order valence-corrected chi connectivity index (χ0v) is 8.63. The standard InChI is InChI=1S/C11H18O2/c1-10(2)7-4-5-11(10,3)8(6-7)9(12)13/h7-8H,4-6H2,1-3H3,(H,12,13)/t7?,8-,11+/m1/s1. The number of carboxylic acids is 1. The van der Waals surface area contributed by atoms with Crippen LogP contribution in [0.1, 0.15) is 40.0 Å². The number of aliphatic carboxylic acids is 1. The summed E-state index contributed by atoms with van der Waals surface area (Å²) >= 11 is 0. The predicted octanol–water partition coefficient (Wildman–Crippen LogP) is 2.53. The maximum atomic E-state index is 11.1. The summed E-state index contributed by atoms with van der Waals surface area (Å²) < 4.78 is 0. The lowest BCUT2D eigenvalue weighted by Crippen LogP contribution is -2.36. The van der Waals surface area contributed by atoms with Crippen molar-refractivity contribution in [3.63, 3.8) is 0 Å². The first-order valence-electron chi connectivity index (χ1n) is 5.12. The van der Waals surface area contributed by atoms with Crippen molar-refractivity contribution < 1.29 is 9.90 Å². The molecule has 0 aromatic rings. The summed E-state index contributed by atoms with van der Waals surface area (Å²) in [6.07, 6.45) is 3.23. The van der Waals surface area contributed by atoms with Gasteiger partial charge in [0.1, 0.15) is 0 Å². The molecular formula is C11H18O2. The lowest BCUT2D eigenvalue weighted by atomic mass is 9.67. The Hall–Kier alpha value is -0.530. The van der Waals surface area contributed by atoms with Gasteiger partial charge in [-0.2, -0.15) is 0 Å². The molecule has 2 aliphatic rings. The molecule has 0 radical (unpaired) electrons. The predicted molar refractivity (Wildman–Crippen MR) is 50.4 cm³/mol. The molecule has 0 aliphatic heterocycles. The van der Waals surface area contributed by atoms with E-state index in [4.69, 9.17) is 5.11 Å². The summed E-state index contributed by atoms with van der Waals surface area (Å²) in [5.41, 5.74) is 0.277. The second-order valence-electron chi connectivity index (χ2n) is 5.50. The van der Waals surface area contributed by atoms with E-state index in [1.54, 1.807) is 0 Å². The van der Waals surface area contributed by atoms with Crippen LogP contribution in [-0.4, -0.2) is 11.1 Å². The Bertz CT molecular complexity index is 257. The Labute approximate surface area is 79.3 Å². The molecule has 3 atom stereocenters. The van der Waals surface area contributed by atoms with Crippen molar-refractivity contribution in [2.24, 2.45) is 22.7 Å². The van der Waals surface area contributed by atoms with E-state index in [1.165, 1.54) is 6.42 Å². The van der Waals surface area contributed by atoms with Crippen molar-refractivity contribution in [2.45, 2.75) is 40.0 Å². The number of hydrogen-bond donors (Lipinski definition) is 1. The Morgan fingerprint density at radius 1 is 1.38 bits per heavy atom. The number of hydrogen-bond acceptors (Lipinski definition) is 1. The van der Waals surface area contributed by atoms with Crippen molar-refractivity contribution in [1.29, 1.82) is 0 Å². The first kappa shape index (κ1) is 9.04. The molecule has 2 heteroatoms. The van der Waals surface area contributed by atoms with Gasteiger partial charge in [0.25, 0.3) is 0 Å². The van der Waals surface area contributed by atoms with Crippen molar-refractivity contribution in [2.75, 3.05) is 0 Å². The average molecular weight is 182 g/mol. The Balaban J connectivity index is 2.38. The molecule has 0 amide bonds. The van der Waals surface area contributed by atoms with Crippen molar-refractivity contribution in [3.8, 4) is 0 Å². The third kappa shape index (κ3) is 0.866. The molecular weight excluding hydrogens is 164 g/mol. The first-order chi connectivity index (χ1) is 5.89. The van der Waals surface area contributed by atoms with Crippen LogP contribution in [0.5, 0.6) is 0 Å². The summed E-state index contributed by atoms with van der Waals surface area (Å²) in [6.45, 7) is 6.65. The van der Waals surface area contributed by atoms with Gasteiger partial charge in [0.05, 0.1) is 5.92 Å². The second kappa shape index (κ2) is 2.28. The molecule has 0 heterocycles. The van der Waals surface area contributed by atoms with Gasteiger partial charge in [-0.05, 0) is 36.0 Å². The fraction of sp³-hybridized carbons (Fsp3) is 0.909. The molecule has 2 bridgehead atoms. The first-order valence-corrected chi connectivity index (χ1v) is 5.12. The third-order valence-electron chi connectivity index (χ3n) is 5.09. The zero-order chi connectivity index (χ0) is 9.85. The van der Waals surface area contributed by atoms with Gasteiger partial charge in [-0.3, -0.25) is 4.79 Å². The zero-order valence-electron chi connectivity index (χ0n) is 8.63. The average Bonchev–Trinajstić information content (AvgIpc) is 2.34. The minimum absolute atomic E-state index is 0.0451. The van der Waals surface area contributed by atoms with E-state index >= 15 is 0 Å². The van der Waals surface area contributed by atoms with Gasteiger partial charge in [-0.1, -0.05) is 20.8 Å². The van der Waals surface area contributed by atoms with Gasteiger partial charge in [0.2, 0.25) is 0 Å². The summed E-state index contributed by atoms with van der Waals surface area (Å²) in [4.78, 5) is 11.1. The van der Waals surface area contributed by atoms with E-state index in [0.717, 1.165) is 12.8 Å². The molecule has 13 heavy (non-hydrogen) atoms. The van der Waals surface area contributed by atoms with E-state index in [0.29, 0.717) is 5.92 Å². The number of carbonyl (C=O) groups is 1. The summed E-state index contributed by atoms with van der Waals surface area (Å²) in [5, 5.41) is 9.13. The molecule has 2 fully saturated rings. The normalized spacial score (nSPS) is 46.7. The molecule has 1 N–H and O–H groups in total. The fourth-order valence-corrected chi connectivity index (χ4v) is 3.58. The van der Waals surface area contributed by atoms with Crippen LogP contribution in [0.3, 0.4) is 0 Å². The quantitative estimate of drug-likeness (QED) is 0.676. The van der Waals surface area contributed by atoms with E-state index in [9.17, 15) is 4.79 Å². The van der Waals surface area contributed by atoms with Crippen molar-refractivity contribution in [3.05, 3.63) is 0 Å². The fourth-order valence-electron chi connectivity index (χ4n) is 3.58. The highest BCUT2D eigenvalue weighted by Crippen LogP contribution is 2.68. The molecule has 2 rings (SSSR count). The smallest absolute Gasteiger partial charge is 0.307 e. The lowest BCUT2D eigenvalue weighted by Gasteiger charge is -2.37. The highest BCUT2D eigenvalue weighted by Gasteiger charge is 2.63. The summed E-state index contributed by atoms with van der Waals surface area (Å²) in [6, 6.07) is 0. The van der Waals surface area contributed by atoms with Crippen LogP contribution in [0.25, 0.3) is 0 Å². The molecule has 0 aromatic carbocycles. The van der Waals surface area contributed by atoms with Crippen LogP contribution in [0, 0.1) is 22.7 Å². The molecule has 0 aromatic heterocycles. The topological polar surface area (TPSA) is 37.3 Å². The van der Waals surface area contributed by atoms with E-state index in [-0.39, 0.29) is 16.7 Å². The van der Waals surface area contributed by atoms with Crippen LogP contribution in [0.4, 0.5) is 0 Å². The minimum Gasteiger partial charge on any atom is -0.481 e. The number of fused-ring (bicyclic) bond motifs is 2. The van der Waals surface area contributed by atoms with Gasteiger partial charge in [-0.25, -0.2) is 0 Å². The number of carboxylic acid groups (broad SMARTS) is 1. The molecule has 0 saturated heterocycles. The highest BCUT2D eigenvalue weighted by molar-refractivity contribution is 5.72. The molecule has 74 valence electrons. The lowest BCUT2D eigenvalue weighted by molar-refractivity contribution is -0.147.